The van der Waals surface area contributed by atoms with Crippen molar-refractivity contribution in [3.63, 3.8) is 0 Å². The molecule has 4 aromatic carbocycles. The van der Waals surface area contributed by atoms with Gasteiger partial charge in [-0.3, -0.25) is 0 Å². The van der Waals surface area contributed by atoms with Crippen LogP contribution in [0.2, 0.25) is 0 Å². The maximum Gasteiger partial charge on any atom is 0.351 e. The quantitative estimate of drug-likeness (QED) is 0.149. The second-order valence-electron chi connectivity index (χ2n) is 10.8. The van der Waals surface area contributed by atoms with Gasteiger partial charge in [0.25, 0.3) is 10.0 Å². The average molecular weight is 612 g/mol. The van der Waals surface area contributed by atoms with E-state index >= 15 is 0 Å². The number of fused-ring (bicyclic) bond motifs is 1. The molecule has 0 saturated carbocycles. The molecule has 0 N–H and O–H groups in total. The smallest absolute Gasteiger partial charge is 0.351 e. The summed E-state index contributed by atoms with van der Waals surface area (Å²) in [7, 11) is -0.902. The van der Waals surface area contributed by atoms with Crippen LogP contribution in [0.1, 0.15) is 53.9 Å². The van der Waals surface area contributed by atoms with Crippen molar-refractivity contribution >= 4 is 27.0 Å². The molecule has 0 aliphatic rings. The van der Waals surface area contributed by atoms with Crippen molar-refractivity contribution in [3.8, 4) is 5.75 Å². The fraction of sp³-hybridized carbons (Fsp3) is 0.257. The van der Waals surface area contributed by atoms with Crippen molar-refractivity contribution < 1.29 is 22.7 Å². The zero-order valence-electron chi connectivity index (χ0n) is 25.4. The molecule has 0 spiro atoms. The molecular weight excluding hydrogens is 574 g/mol. The third kappa shape index (κ3) is 6.63. The number of rotatable bonds is 12. The summed E-state index contributed by atoms with van der Waals surface area (Å²) in [6, 6.07) is 29.7. The first-order chi connectivity index (χ1) is 21.2. The summed E-state index contributed by atoms with van der Waals surface area (Å²) in [6.07, 6.45) is 2.26. The van der Waals surface area contributed by atoms with Crippen molar-refractivity contribution in [2.75, 3.05) is 18.6 Å². The van der Waals surface area contributed by atoms with Crippen LogP contribution in [-0.4, -0.2) is 38.2 Å². The van der Waals surface area contributed by atoms with E-state index < -0.39 is 22.1 Å². The molecule has 1 aromatic heterocycles. The van der Waals surface area contributed by atoms with E-state index in [9.17, 15) is 13.2 Å². The topological polar surface area (TPSA) is 90.7 Å². The van der Waals surface area contributed by atoms with Gasteiger partial charge in [-0.2, -0.15) is 8.42 Å². The van der Waals surface area contributed by atoms with Crippen LogP contribution in [0.3, 0.4) is 0 Å². The zero-order valence-corrected chi connectivity index (χ0v) is 26.3. The normalized spacial score (nSPS) is 12.2. The highest BCUT2D eigenvalue weighted by Gasteiger charge is 2.26. The van der Waals surface area contributed by atoms with Crippen LogP contribution in [0.5, 0.6) is 5.75 Å². The van der Waals surface area contributed by atoms with Crippen LogP contribution >= 0.6 is 0 Å². The first-order valence-electron chi connectivity index (χ1n) is 14.7. The minimum Gasteiger partial charge on any atom is -0.474 e. The molecular formula is C35H37N3O5S. The van der Waals surface area contributed by atoms with Crippen molar-refractivity contribution in [3.05, 3.63) is 125 Å². The summed E-state index contributed by atoms with van der Waals surface area (Å²) in [5.74, 6) is 0.778. The van der Waals surface area contributed by atoms with Gasteiger partial charge < -0.3 is 9.47 Å². The maximum absolute atomic E-state index is 13.7. The van der Waals surface area contributed by atoms with E-state index in [4.69, 9.17) is 14.5 Å². The van der Waals surface area contributed by atoms with Gasteiger partial charge in [0.2, 0.25) is 6.10 Å². The van der Waals surface area contributed by atoms with Gasteiger partial charge in [-0.25, -0.2) is 18.9 Å². The molecule has 1 atom stereocenters. The Hall–Kier alpha value is -4.63. The zero-order chi connectivity index (χ0) is 31.3. The van der Waals surface area contributed by atoms with E-state index in [1.54, 1.807) is 36.0 Å². The lowest BCUT2D eigenvalue weighted by molar-refractivity contribution is -0.149. The maximum atomic E-state index is 13.7. The number of ether oxygens (including phenoxy) is 2. The van der Waals surface area contributed by atoms with E-state index in [1.807, 2.05) is 79.7 Å². The van der Waals surface area contributed by atoms with Crippen LogP contribution in [-0.2, 0) is 32.4 Å². The second-order valence-corrected chi connectivity index (χ2v) is 12.7. The average Bonchev–Trinajstić information content (AvgIpc) is 3.40. The second kappa shape index (κ2) is 13.3. The summed E-state index contributed by atoms with van der Waals surface area (Å²) in [4.78, 5) is 17.5. The van der Waals surface area contributed by atoms with E-state index in [0.717, 1.165) is 40.6 Å². The molecule has 8 nitrogen and oxygen atoms in total. The van der Waals surface area contributed by atoms with E-state index in [-0.39, 0.29) is 4.90 Å². The number of nitrogens with zero attached hydrogens (tertiary/aromatic N) is 3. The van der Waals surface area contributed by atoms with E-state index in [1.165, 1.54) is 11.5 Å². The van der Waals surface area contributed by atoms with Gasteiger partial charge in [0.05, 0.1) is 23.0 Å². The number of sulfonamides is 1. The van der Waals surface area contributed by atoms with Crippen LogP contribution in [0.25, 0.3) is 11.0 Å². The number of unbranched alkanes of at least 4 members (excludes halogenated alkanes) is 1. The first-order valence-corrected chi connectivity index (χ1v) is 16.1. The van der Waals surface area contributed by atoms with Crippen molar-refractivity contribution in [1.29, 1.82) is 0 Å². The monoisotopic (exact) mass is 611 g/mol. The molecule has 0 fully saturated rings. The number of carbonyl (C=O) groups is 1. The van der Waals surface area contributed by atoms with Gasteiger partial charge >= 0.3 is 5.97 Å². The molecule has 44 heavy (non-hydrogen) atoms. The molecule has 0 radical (unpaired) electrons. The minimum atomic E-state index is -3.82. The molecule has 0 amide bonds. The number of aryl methyl sites for hydroxylation is 2. The van der Waals surface area contributed by atoms with E-state index in [2.05, 4.69) is 6.92 Å². The van der Waals surface area contributed by atoms with Gasteiger partial charge in [0.1, 0.15) is 11.6 Å². The minimum absolute atomic E-state index is 0.231. The number of hydrogen-bond acceptors (Lipinski definition) is 6. The number of aromatic nitrogens is 2. The molecule has 5 aromatic rings. The van der Waals surface area contributed by atoms with Crippen LogP contribution < -0.4 is 9.15 Å². The lowest BCUT2D eigenvalue weighted by atomic mass is 10.0. The Bertz CT molecular complexity index is 1830. The Labute approximate surface area is 258 Å². The number of carbonyl (C=O) groups excluding carboxylic acids is 1. The van der Waals surface area contributed by atoms with Crippen molar-refractivity contribution in [2.24, 2.45) is 0 Å². The highest BCUT2D eigenvalue weighted by atomic mass is 32.2. The standard InChI is InChI=1S/C35H37N3O5S/c1-5-6-12-33-36-31-22-17-27(24-32(31)38(33)37(3)44(40,41)30-20-13-25(2)14-21-30)23-26-15-18-29(19-16-26)43-34(35(39)42-4)28-10-8-7-9-11-28/h7-11,13-22,24,34H,5-6,12,23H2,1-4H3. The molecule has 228 valence electrons. The Kier molecular flexibility index (Phi) is 9.35. The van der Waals surface area contributed by atoms with Gasteiger partial charge in [-0.1, -0.05) is 79.6 Å². The van der Waals surface area contributed by atoms with Crippen molar-refractivity contribution in [1.82, 2.24) is 9.66 Å². The lowest BCUT2D eigenvalue weighted by Gasteiger charge is -2.23. The fourth-order valence-corrected chi connectivity index (χ4v) is 6.28. The molecule has 1 heterocycles. The molecule has 9 heteroatoms. The van der Waals surface area contributed by atoms with Crippen LogP contribution in [0.15, 0.2) is 102 Å². The Morgan fingerprint density at radius 1 is 0.932 bits per heavy atom. The molecule has 0 aliphatic carbocycles. The van der Waals surface area contributed by atoms with Gasteiger partial charge in [-0.05, 0) is 67.3 Å². The largest absolute Gasteiger partial charge is 0.474 e. The molecule has 1 unspecified atom stereocenters. The Morgan fingerprint density at radius 3 is 2.27 bits per heavy atom. The van der Waals surface area contributed by atoms with Gasteiger partial charge in [0, 0.05) is 19.0 Å². The first kappa shape index (κ1) is 30.8. The lowest BCUT2D eigenvalue weighted by Crippen LogP contribution is -2.37. The summed E-state index contributed by atoms with van der Waals surface area (Å²) in [5, 5.41) is 0. The number of methoxy groups -OCH3 is 1. The molecule has 0 aliphatic heterocycles. The van der Waals surface area contributed by atoms with E-state index in [0.29, 0.717) is 30.0 Å². The molecule has 0 saturated heterocycles. The summed E-state index contributed by atoms with van der Waals surface area (Å²) >= 11 is 0. The Balaban J connectivity index is 1.42. The molecule has 5 rings (SSSR count). The predicted molar refractivity (Wildman–Crippen MR) is 172 cm³/mol. The van der Waals surface area contributed by atoms with Gasteiger partial charge in [0.15, 0.2) is 0 Å². The third-order valence-corrected chi connectivity index (χ3v) is 9.29. The predicted octanol–water partition coefficient (Wildman–Crippen LogP) is 6.53. The number of imidazole rings is 1. The SMILES string of the molecule is CCCCc1nc2ccc(Cc3ccc(OC(C(=O)OC)c4ccccc4)cc3)cc2n1N(C)S(=O)(=O)c1ccc(C)cc1. The van der Waals surface area contributed by atoms with Crippen LogP contribution in [0.4, 0.5) is 0 Å². The van der Waals surface area contributed by atoms with Gasteiger partial charge in [-0.15, -0.1) is 0 Å². The third-order valence-electron chi connectivity index (χ3n) is 7.57. The summed E-state index contributed by atoms with van der Waals surface area (Å²) < 4.78 is 41.4. The number of hydrogen-bond donors (Lipinski definition) is 0. The fourth-order valence-electron chi connectivity index (χ4n) is 5.09. The highest BCUT2D eigenvalue weighted by molar-refractivity contribution is 7.92. The summed E-state index contributed by atoms with van der Waals surface area (Å²) in [6.45, 7) is 4.03. The molecule has 0 bridgehead atoms. The van der Waals surface area contributed by atoms with Crippen molar-refractivity contribution in [2.45, 2.75) is 50.5 Å². The summed E-state index contributed by atoms with van der Waals surface area (Å²) in [5.41, 5.74) is 5.21. The number of esters is 1. The number of benzene rings is 4. The highest BCUT2D eigenvalue weighted by Crippen LogP contribution is 2.27. The Morgan fingerprint density at radius 2 is 1.61 bits per heavy atom. The van der Waals surface area contributed by atoms with Crippen LogP contribution in [0, 0.1) is 6.92 Å².